The molecule has 1 saturated carbocycles. The molecule has 4 aromatic rings. The number of hydrogen-bond acceptors (Lipinski definition) is 4. The summed E-state index contributed by atoms with van der Waals surface area (Å²) >= 11 is 19.7. The van der Waals surface area contributed by atoms with Crippen LogP contribution in [0.2, 0.25) is 15.1 Å². The first kappa shape index (κ1) is 35.7. The van der Waals surface area contributed by atoms with E-state index in [9.17, 15) is 18.0 Å². The van der Waals surface area contributed by atoms with E-state index in [-0.39, 0.29) is 35.5 Å². The third-order valence-corrected chi connectivity index (χ3v) is 11.7. The number of carbonyl (C=O) groups is 2. The molecule has 1 aliphatic carbocycles. The third kappa shape index (κ3) is 8.35. The number of rotatable bonds is 12. The van der Waals surface area contributed by atoms with Crippen LogP contribution in [-0.4, -0.2) is 43.8 Å². The van der Waals surface area contributed by atoms with Crippen molar-refractivity contribution in [2.45, 2.75) is 69.5 Å². The fourth-order valence-electron chi connectivity index (χ4n) is 5.99. The van der Waals surface area contributed by atoms with E-state index in [1.54, 1.807) is 55.5 Å². The quantitative estimate of drug-likeness (QED) is 0.160. The number of sulfonamides is 1. The van der Waals surface area contributed by atoms with Crippen LogP contribution in [0, 0.1) is 13.8 Å². The molecule has 1 atom stereocenters. The molecule has 7 nitrogen and oxygen atoms in total. The van der Waals surface area contributed by atoms with Gasteiger partial charge in [0.25, 0.3) is 10.0 Å². The van der Waals surface area contributed by atoms with E-state index < -0.39 is 28.5 Å². The summed E-state index contributed by atoms with van der Waals surface area (Å²) in [5.74, 6) is -0.933. The van der Waals surface area contributed by atoms with Gasteiger partial charge in [0, 0.05) is 39.6 Å². The summed E-state index contributed by atoms with van der Waals surface area (Å²) < 4.78 is 29.8. The topological polar surface area (TPSA) is 86.8 Å². The predicted molar refractivity (Wildman–Crippen MR) is 193 cm³/mol. The van der Waals surface area contributed by atoms with Gasteiger partial charge in [-0.1, -0.05) is 108 Å². The first-order chi connectivity index (χ1) is 23.0. The largest absolute Gasteiger partial charge is 0.352 e. The van der Waals surface area contributed by atoms with Crippen LogP contribution in [0.25, 0.3) is 0 Å². The highest BCUT2D eigenvalue weighted by molar-refractivity contribution is 7.92. The number of benzene rings is 4. The third-order valence-electron chi connectivity index (χ3n) is 8.76. The fourth-order valence-corrected chi connectivity index (χ4v) is 8.15. The summed E-state index contributed by atoms with van der Waals surface area (Å²) in [7, 11) is -4.28. The Morgan fingerprint density at radius 3 is 2.06 bits per heavy atom. The van der Waals surface area contributed by atoms with Crippen molar-refractivity contribution in [2.24, 2.45) is 0 Å². The molecule has 0 aromatic heterocycles. The molecule has 2 amide bonds. The van der Waals surface area contributed by atoms with E-state index in [0.29, 0.717) is 26.2 Å². The van der Waals surface area contributed by atoms with Gasteiger partial charge >= 0.3 is 0 Å². The summed E-state index contributed by atoms with van der Waals surface area (Å²) in [6.07, 6.45) is 3.91. The van der Waals surface area contributed by atoms with Gasteiger partial charge in [0.1, 0.15) is 12.6 Å². The zero-order chi connectivity index (χ0) is 34.4. The van der Waals surface area contributed by atoms with Gasteiger partial charge in [-0.05, 0) is 74.2 Å². The Morgan fingerprint density at radius 1 is 0.812 bits per heavy atom. The number of anilines is 1. The molecule has 0 spiro atoms. The lowest BCUT2D eigenvalue weighted by molar-refractivity contribution is -0.140. The summed E-state index contributed by atoms with van der Waals surface area (Å²) in [5, 5.41) is 4.16. The Kier molecular flexibility index (Phi) is 11.7. The molecular weight excluding hydrogens is 689 g/mol. The van der Waals surface area contributed by atoms with Crippen molar-refractivity contribution in [3.63, 3.8) is 0 Å². The molecule has 1 fully saturated rings. The fraction of sp³-hybridized carbons (Fsp3) is 0.297. The van der Waals surface area contributed by atoms with E-state index in [1.807, 2.05) is 37.3 Å². The first-order valence-corrected chi connectivity index (χ1v) is 18.4. The van der Waals surface area contributed by atoms with E-state index in [1.165, 1.54) is 17.0 Å². The molecule has 11 heteroatoms. The van der Waals surface area contributed by atoms with Gasteiger partial charge in [-0.25, -0.2) is 8.42 Å². The highest BCUT2D eigenvalue weighted by atomic mass is 35.5. The number of hydrogen-bond donors (Lipinski definition) is 1. The molecule has 4 aromatic carbocycles. The van der Waals surface area contributed by atoms with E-state index in [4.69, 9.17) is 34.8 Å². The summed E-state index contributed by atoms with van der Waals surface area (Å²) in [5.41, 5.74) is 2.91. The van der Waals surface area contributed by atoms with Crippen LogP contribution >= 0.6 is 34.8 Å². The lowest BCUT2D eigenvalue weighted by Gasteiger charge is -2.35. The lowest BCUT2D eigenvalue weighted by Crippen LogP contribution is -2.54. The molecule has 0 aliphatic heterocycles. The molecule has 5 rings (SSSR count). The number of nitrogens with one attached hydrogen (secondary N) is 1. The van der Waals surface area contributed by atoms with Crippen LogP contribution < -0.4 is 9.62 Å². The van der Waals surface area contributed by atoms with Crippen molar-refractivity contribution in [1.29, 1.82) is 0 Å². The predicted octanol–water partition coefficient (Wildman–Crippen LogP) is 8.16. The van der Waals surface area contributed by atoms with E-state index in [2.05, 4.69) is 5.32 Å². The van der Waals surface area contributed by atoms with Gasteiger partial charge in [0.05, 0.1) is 10.6 Å². The highest BCUT2D eigenvalue weighted by Crippen LogP contribution is 2.33. The normalized spacial score (nSPS) is 14.0. The minimum atomic E-state index is -4.28. The molecule has 0 bridgehead atoms. The summed E-state index contributed by atoms with van der Waals surface area (Å²) in [4.78, 5) is 30.4. The molecule has 1 N–H and O–H groups in total. The second kappa shape index (κ2) is 15.8. The average molecular weight is 727 g/mol. The van der Waals surface area contributed by atoms with Crippen LogP contribution in [0.4, 0.5) is 5.69 Å². The van der Waals surface area contributed by atoms with Crippen LogP contribution in [-0.2, 0) is 32.6 Å². The maximum Gasteiger partial charge on any atom is 0.264 e. The molecular formula is C37H38Cl3N3O4S. The van der Waals surface area contributed by atoms with Crippen LogP contribution in [0.3, 0.4) is 0 Å². The van der Waals surface area contributed by atoms with Gasteiger partial charge < -0.3 is 10.2 Å². The van der Waals surface area contributed by atoms with Gasteiger partial charge in [-0.3, -0.25) is 13.9 Å². The van der Waals surface area contributed by atoms with Crippen molar-refractivity contribution in [1.82, 2.24) is 10.2 Å². The highest BCUT2D eigenvalue weighted by Gasteiger charge is 2.36. The minimum Gasteiger partial charge on any atom is -0.352 e. The zero-order valence-corrected chi connectivity index (χ0v) is 29.9. The zero-order valence-electron chi connectivity index (χ0n) is 26.8. The average Bonchev–Trinajstić information content (AvgIpc) is 3.58. The number of aryl methyl sites for hydroxylation is 1. The van der Waals surface area contributed by atoms with Gasteiger partial charge in [-0.15, -0.1) is 0 Å². The van der Waals surface area contributed by atoms with Gasteiger partial charge in [0.15, 0.2) is 0 Å². The number of carbonyl (C=O) groups excluding carboxylic acids is 2. The van der Waals surface area contributed by atoms with Crippen molar-refractivity contribution >= 4 is 62.3 Å². The van der Waals surface area contributed by atoms with Crippen LogP contribution in [0.1, 0.15) is 47.9 Å². The minimum absolute atomic E-state index is 0.0100. The molecule has 1 aliphatic rings. The number of amides is 2. The van der Waals surface area contributed by atoms with Gasteiger partial charge in [-0.2, -0.15) is 0 Å². The SMILES string of the molecule is Cc1ccc(S(=O)(=O)N(CC(=O)N(Cc2c(Cl)cccc2Cl)[C@H](Cc2ccccc2)C(=O)NC2CCCC2)c2cccc(Cl)c2C)cc1. The van der Waals surface area contributed by atoms with Crippen LogP contribution in [0.5, 0.6) is 0 Å². The maximum absolute atomic E-state index is 14.8. The number of nitrogens with zero attached hydrogens (tertiary/aromatic N) is 2. The van der Waals surface area contributed by atoms with Crippen molar-refractivity contribution in [2.75, 3.05) is 10.8 Å². The first-order valence-electron chi connectivity index (χ1n) is 15.9. The second-order valence-corrected chi connectivity index (χ2v) is 15.2. The standard InChI is InChI=1S/C37H38Cl3N3O4S/c1-25-18-20-29(21-19-25)48(46,47)43(34-17-9-14-31(38)26(34)2)24-36(44)42(23-30-32(39)15-8-16-33(30)40)35(22-27-10-4-3-5-11-27)37(45)41-28-12-6-7-13-28/h3-5,8-11,14-21,28,35H,6-7,12-13,22-24H2,1-2H3,(H,41,45)/t35-/m1/s1. The second-order valence-electron chi connectivity index (χ2n) is 12.1. The molecule has 0 radical (unpaired) electrons. The summed E-state index contributed by atoms with van der Waals surface area (Å²) in [6.45, 7) is 2.83. The Balaban J connectivity index is 1.62. The smallest absolute Gasteiger partial charge is 0.264 e. The monoisotopic (exact) mass is 725 g/mol. The van der Waals surface area contributed by atoms with Crippen molar-refractivity contribution in [3.05, 3.63) is 128 Å². The molecule has 0 unspecified atom stereocenters. The summed E-state index contributed by atoms with van der Waals surface area (Å²) in [6, 6.07) is 24.8. The maximum atomic E-state index is 14.8. The van der Waals surface area contributed by atoms with Crippen LogP contribution in [0.15, 0.2) is 95.9 Å². The van der Waals surface area contributed by atoms with Gasteiger partial charge in [0.2, 0.25) is 11.8 Å². The Bertz CT molecular complexity index is 1840. The molecule has 252 valence electrons. The Hall–Kier alpha value is -3.56. The van der Waals surface area contributed by atoms with Crippen molar-refractivity contribution < 1.29 is 18.0 Å². The Morgan fingerprint density at radius 2 is 1.42 bits per heavy atom. The number of halogens is 3. The Labute approximate surface area is 297 Å². The lowest BCUT2D eigenvalue weighted by atomic mass is 10.0. The molecule has 48 heavy (non-hydrogen) atoms. The molecule has 0 saturated heterocycles. The molecule has 0 heterocycles. The van der Waals surface area contributed by atoms with E-state index >= 15 is 0 Å². The van der Waals surface area contributed by atoms with E-state index in [0.717, 1.165) is 41.1 Å². The van der Waals surface area contributed by atoms with Crippen molar-refractivity contribution in [3.8, 4) is 0 Å².